The second-order valence-corrected chi connectivity index (χ2v) is 5.04. The molecule has 1 saturated carbocycles. The maximum absolute atomic E-state index is 13.0. The second-order valence-electron chi connectivity index (χ2n) is 5.04. The summed E-state index contributed by atoms with van der Waals surface area (Å²) in [5.74, 6) is -0.130. The molecule has 0 saturated heterocycles. The molecular weight excluding hydrogens is 174 g/mol. The lowest BCUT2D eigenvalue weighted by atomic mass is 9.70. The number of alkyl halides is 2. The van der Waals surface area contributed by atoms with Crippen molar-refractivity contribution >= 4 is 0 Å². The summed E-state index contributed by atoms with van der Waals surface area (Å²) >= 11 is 0. The van der Waals surface area contributed by atoms with Crippen LogP contribution in [0.2, 0.25) is 0 Å². The molecule has 0 spiro atoms. The minimum atomic E-state index is -1.48. The van der Waals surface area contributed by atoms with Crippen LogP contribution in [0.1, 0.15) is 33.6 Å². The zero-order chi connectivity index (χ0) is 10.2. The molecular formula is C10H18F2O. The Hall–Kier alpha value is -0.180. The summed E-state index contributed by atoms with van der Waals surface area (Å²) in [5, 5.41) is 9.59. The van der Waals surface area contributed by atoms with Gasteiger partial charge in [0.15, 0.2) is 0 Å². The lowest BCUT2D eigenvalue weighted by molar-refractivity contribution is -0.0506. The van der Waals surface area contributed by atoms with Crippen molar-refractivity contribution in [2.75, 3.05) is 0 Å². The van der Waals surface area contributed by atoms with E-state index in [9.17, 15) is 13.9 Å². The Morgan fingerprint density at radius 3 is 2.00 bits per heavy atom. The first-order chi connectivity index (χ1) is 5.82. The van der Waals surface area contributed by atoms with Gasteiger partial charge in [0.25, 0.3) is 0 Å². The standard InChI is InChI=1S/C10H18F2O/c1-10(2,3)6-4-7(11)8(12)5-9(6)13/h6-9,13H,4-5H2,1-3H3. The topological polar surface area (TPSA) is 20.2 Å². The van der Waals surface area contributed by atoms with Crippen LogP contribution in [0.5, 0.6) is 0 Å². The molecule has 1 aliphatic rings. The van der Waals surface area contributed by atoms with Crippen LogP contribution in [0.3, 0.4) is 0 Å². The number of rotatable bonds is 0. The van der Waals surface area contributed by atoms with Gasteiger partial charge in [-0.1, -0.05) is 20.8 Å². The zero-order valence-corrected chi connectivity index (χ0v) is 8.43. The van der Waals surface area contributed by atoms with Gasteiger partial charge in [-0.15, -0.1) is 0 Å². The van der Waals surface area contributed by atoms with Crippen molar-refractivity contribution in [1.82, 2.24) is 0 Å². The highest BCUT2D eigenvalue weighted by atomic mass is 19.2. The third-order valence-electron chi connectivity index (χ3n) is 2.92. The predicted molar refractivity (Wildman–Crippen MR) is 48.0 cm³/mol. The van der Waals surface area contributed by atoms with Crippen molar-refractivity contribution in [2.45, 2.75) is 52.1 Å². The van der Waals surface area contributed by atoms with E-state index in [4.69, 9.17) is 0 Å². The third-order valence-corrected chi connectivity index (χ3v) is 2.92. The van der Waals surface area contributed by atoms with Crippen LogP contribution in [0.15, 0.2) is 0 Å². The summed E-state index contributed by atoms with van der Waals surface area (Å²) < 4.78 is 25.9. The molecule has 0 aromatic carbocycles. The van der Waals surface area contributed by atoms with Gasteiger partial charge in [0, 0.05) is 6.42 Å². The first-order valence-electron chi connectivity index (χ1n) is 4.78. The summed E-state index contributed by atoms with van der Waals surface area (Å²) in [5.41, 5.74) is -0.149. The first-order valence-corrected chi connectivity index (χ1v) is 4.78. The van der Waals surface area contributed by atoms with E-state index in [2.05, 4.69) is 0 Å². The van der Waals surface area contributed by atoms with Crippen LogP contribution in [0.4, 0.5) is 8.78 Å². The van der Waals surface area contributed by atoms with Crippen LogP contribution in [0.25, 0.3) is 0 Å². The second kappa shape index (κ2) is 3.52. The Morgan fingerprint density at radius 1 is 1.08 bits per heavy atom. The van der Waals surface area contributed by atoms with Crippen molar-refractivity contribution in [1.29, 1.82) is 0 Å². The average Bonchev–Trinajstić information content (AvgIpc) is 1.94. The minimum absolute atomic E-state index is 0.0525. The smallest absolute Gasteiger partial charge is 0.134 e. The summed E-state index contributed by atoms with van der Waals surface area (Å²) in [4.78, 5) is 0. The number of hydrogen-bond acceptors (Lipinski definition) is 1. The quantitative estimate of drug-likeness (QED) is 0.625. The van der Waals surface area contributed by atoms with E-state index in [0.29, 0.717) is 0 Å². The van der Waals surface area contributed by atoms with Crippen molar-refractivity contribution in [3.63, 3.8) is 0 Å². The molecule has 0 radical (unpaired) electrons. The average molecular weight is 192 g/mol. The molecule has 0 aromatic rings. The van der Waals surface area contributed by atoms with Crippen molar-refractivity contribution in [3.8, 4) is 0 Å². The molecule has 3 heteroatoms. The molecule has 0 aliphatic heterocycles. The zero-order valence-electron chi connectivity index (χ0n) is 8.43. The Labute approximate surface area is 78.1 Å². The summed E-state index contributed by atoms with van der Waals surface area (Å²) in [6, 6.07) is 0. The minimum Gasteiger partial charge on any atom is -0.393 e. The van der Waals surface area contributed by atoms with Gasteiger partial charge in [-0.2, -0.15) is 0 Å². The summed E-state index contributed by atoms with van der Waals surface area (Å²) in [6.07, 6.45) is -3.47. The molecule has 4 atom stereocenters. The number of hydrogen-bond donors (Lipinski definition) is 1. The van der Waals surface area contributed by atoms with Crippen molar-refractivity contribution in [3.05, 3.63) is 0 Å². The first kappa shape index (κ1) is 10.9. The normalized spacial score (nSPS) is 42.0. The summed E-state index contributed by atoms with van der Waals surface area (Å²) in [6.45, 7) is 5.85. The highest BCUT2D eigenvalue weighted by Crippen LogP contribution is 2.39. The van der Waals surface area contributed by atoms with Gasteiger partial charge >= 0.3 is 0 Å². The van der Waals surface area contributed by atoms with Gasteiger partial charge in [-0.05, 0) is 17.8 Å². The molecule has 1 rings (SSSR count). The fraction of sp³-hybridized carbons (Fsp3) is 1.00. The van der Waals surface area contributed by atoms with Crippen LogP contribution >= 0.6 is 0 Å². The van der Waals surface area contributed by atoms with E-state index in [-0.39, 0.29) is 24.2 Å². The SMILES string of the molecule is CC(C)(C)C1CC(F)C(F)CC1O. The molecule has 0 aromatic heterocycles. The number of aliphatic hydroxyl groups is 1. The van der Waals surface area contributed by atoms with Crippen LogP contribution in [0, 0.1) is 11.3 Å². The fourth-order valence-corrected chi connectivity index (χ4v) is 2.02. The van der Waals surface area contributed by atoms with Gasteiger partial charge in [0.1, 0.15) is 12.3 Å². The lowest BCUT2D eigenvalue weighted by Gasteiger charge is -2.40. The van der Waals surface area contributed by atoms with Crippen LogP contribution in [-0.4, -0.2) is 23.6 Å². The molecule has 4 unspecified atom stereocenters. The van der Waals surface area contributed by atoms with Crippen LogP contribution < -0.4 is 0 Å². The Bertz CT molecular complexity index is 176. The monoisotopic (exact) mass is 192 g/mol. The van der Waals surface area contributed by atoms with Gasteiger partial charge in [0.2, 0.25) is 0 Å². The Morgan fingerprint density at radius 2 is 1.54 bits per heavy atom. The van der Waals surface area contributed by atoms with E-state index < -0.39 is 18.4 Å². The lowest BCUT2D eigenvalue weighted by Crippen LogP contribution is -2.43. The van der Waals surface area contributed by atoms with Crippen molar-refractivity contribution < 1.29 is 13.9 Å². The van der Waals surface area contributed by atoms with E-state index in [1.54, 1.807) is 0 Å². The Kier molecular flexibility index (Phi) is 2.95. The molecule has 0 bridgehead atoms. The van der Waals surface area contributed by atoms with Crippen LogP contribution in [-0.2, 0) is 0 Å². The Balaban J connectivity index is 2.67. The van der Waals surface area contributed by atoms with E-state index >= 15 is 0 Å². The molecule has 0 heterocycles. The largest absolute Gasteiger partial charge is 0.393 e. The summed E-state index contributed by atoms with van der Waals surface area (Å²) in [7, 11) is 0. The van der Waals surface area contributed by atoms with Gasteiger partial charge < -0.3 is 5.11 Å². The molecule has 1 fully saturated rings. The molecule has 78 valence electrons. The maximum Gasteiger partial charge on any atom is 0.134 e. The molecule has 1 aliphatic carbocycles. The van der Waals surface area contributed by atoms with Gasteiger partial charge in [-0.25, -0.2) is 8.78 Å². The highest BCUT2D eigenvalue weighted by molar-refractivity contribution is 4.91. The van der Waals surface area contributed by atoms with E-state index in [1.165, 1.54) is 0 Å². The molecule has 1 N–H and O–H groups in total. The third kappa shape index (κ3) is 2.39. The molecule has 1 nitrogen and oxygen atoms in total. The molecule has 0 amide bonds. The predicted octanol–water partition coefficient (Wildman–Crippen LogP) is 2.48. The van der Waals surface area contributed by atoms with Crippen molar-refractivity contribution in [2.24, 2.45) is 11.3 Å². The fourth-order valence-electron chi connectivity index (χ4n) is 2.02. The van der Waals surface area contributed by atoms with E-state index in [0.717, 1.165) is 0 Å². The number of halogens is 2. The van der Waals surface area contributed by atoms with E-state index in [1.807, 2.05) is 20.8 Å². The maximum atomic E-state index is 13.0. The molecule has 13 heavy (non-hydrogen) atoms. The van der Waals surface area contributed by atoms with Gasteiger partial charge in [0.05, 0.1) is 6.10 Å². The number of aliphatic hydroxyl groups excluding tert-OH is 1. The van der Waals surface area contributed by atoms with Gasteiger partial charge in [-0.3, -0.25) is 0 Å². The highest BCUT2D eigenvalue weighted by Gasteiger charge is 2.41.